The zero-order valence-electron chi connectivity index (χ0n) is 10.3. The Labute approximate surface area is 119 Å². The molecule has 0 spiro atoms. The molecule has 0 atom stereocenters. The number of rotatable bonds is 4. The fraction of sp³-hybridized carbons (Fsp3) is 0.636. The minimum Gasteiger partial charge on any atom is -0.469 e. The van der Waals surface area contributed by atoms with Crippen LogP contribution in [0.15, 0.2) is 9.98 Å². The van der Waals surface area contributed by atoms with Crippen LogP contribution < -0.4 is 4.90 Å². The number of aromatic nitrogens is 1. The molecule has 0 unspecified atom stereocenters. The first-order valence-electron chi connectivity index (χ1n) is 5.84. The monoisotopic (exact) mass is 333 g/mol. The van der Waals surface area contributed by atoms with Crippen molar-refractivity contribution in [1.29, 1.82) is 0 Å². The average molecular weight is 334 g/mol. The Morgan fingerprint density at radius 3 is 2.78 bits per heavy atom. The topological polar surface area (TPSA) is 45.7 Å². The van der Waals surface area contributed by atoms with Crippen LogP contribution in [0.1, 0.15) is 6.42 Å². The number of ether oxygens (including phenoxy) is 1. The molecule has 1 fully saturated rings. The number of methoxy groups -OCH3 is 1. The fourth-order valence-corrected chi connectivity index (χ4v) is 3.21. The highest BCUT2D eigenvalue weighted by Crippen LogP contribution is 2.24. The van der Waals surface area contributed by atoms with Crippen molar-refractivity contribution >= 4 is 38.4 Å². The minimum absolute atomic E-state index is 0.138. The molecule has 1 aromatic heterocycles. The summed E-state index contributed by atoms with van der Waals surface area (Å²) < 4.78 is 5.54. The third kappa shape index (κ3) is 3.66. The molecule has 2 rings (SSSR count). The molecule has 1 aliphatic heterocycles. The Balaban J connectivity index is 1.76. The van der Waals surface area contributed by atoms with E-state index in [9.17, 15) is 4.79 Å². The van der Waals surface area contributed by atoms with E-state index in [0.717, 1.165) is 42.5 Å². The predicted octanol–water partition coefficient (Wildman–Crippen LogP) is 1.59. The standard InChI is InChI=1S/C11H16BrN3O2S/c1-17-10(16)2-3-14-4-6-15(7-5-14)11-13-9(12)8-18-11/h8H,2-7H2,1H3. The van der Waals surface area contributed by atoms with Crippen LogP contribution in [-0.4, -0.2) is 55.7 Å². The number of nitrogens with zero attached hydrogens (tertiary/aromatic N) is 3. The zero-order valence-corrected chi connectivity index (χ0v) is 12.7. The normalized spacial score (nSPS) is 16.9. The molecule has 1 aliphatic rings. The maximum Gasteiger partial charge on any atom is 0.306 e. The largest absolute Gasteiger partial charge is 0.469 e. The molecule has 0 saturated carbocycles. The van der Waals surface area contributed by atoms with Gasteiger partial charge in [0.05, 0.1) is 13.5 Å². The molecule has 7 heteroatoms. The van der Waals surface area contributed by atoms with E-state index < -0.39 is 0 Å². The molecule has 0 N–H and O–H groups in total. The smallest absolute Gasteiger partial charge is 0.306 e. The lowest BCUT2D eigenvalue weighted by Crippen LogP contribution is -2.46. The summed E-state index contributed by atoms with van der Waals surface area (Å²) in [6, 6.07) is 0. The number of halogens is 1. The summed E-state index contributed by atoms with van der Waals surface area (Å²) in [7, 11) is 1.43. The minimum atomic E-state index is -0.138. The van der Waals surface area contributed by atoms with Crippen molar-refractivity contribution in [3.8, 4) is 0 Å². The van der Waals surface area contributed by atoms with Crippen LogP contribution in [0.4, 0.5) is 5.13 Å². The van der Waals surface area contributed by atoms with E-state index in [4.69, 9.17) is 0 Å². The Morgan fingerprint density at radius 1 is 1.50 bits per heavy atom. The summed E-state index contributed by atoms with van der Waals surface area (Å²) >= 11 is 5.02. The summed E-state index contributed by atoms with van der Waals surface area (Å²) in [6.07, 6.45) is 0.472. The van der Waals surface area contributed by atoms with Crippen LogP contribution in [0.2, 0.25) is 0 Å². The van der Waals surface area contributed by atoms with Crippen molar-refractivity contribution < 1.29 is 9.53 Å². The summed E-state index contributed by atoms with van der Waals surface area (Å²) in [4.78, 5) is 20.1. The van der Waals surface area contributed by atoms with Crippen LogP contribution in [0.3, 0.4) is 0 Å². The van der Waals surface area contributed by atoms with Gasteiger partial charge in [0.25, 0.3) is 0 Å². The molecular weight excluding hydrogens is 318 g/mol. The van der Waals surface area contributed by atoms with Crippen LogP contribution in [-0.2, 0) is 9.53 Å². The van der Waals surface area contributed by atoms with Gasteiger partial charge in [0, 0.05) is 38.1 Å². The number of esters is 1. The SMILES string of the molecule is COC(=O)CCN1CCN(c2nc(Br)cs2)CC1. The molecule has 0 radical (unpaired) electrons. The van der Waals surface area contributed by atoms with Gasteiger partial charge in [-0.3, -0.25) is 9.69 Å². The maximum absolute atomic E-state index is 11.1. The van der Waals surface area contributed by atoms with Gasteiger partial charge < -0.3 is 9.64 Å². The van der Waals surface area contributed by atoms with Crippen molar-refractivity contribution in [2.24, 2.45) is 0 Å². The number of piperazine rings is 1. The number of anilines is 1. The molecule has 18 heavy (non-hydrogen) atoms. The third-order valence-electron chi connectivity index (χ3n) is 2.97. The van der Waals surface area contributed by atoms with E-state index in [1.807, 2.05) is 5.38 Å². The molecule has 1 saturated heterocycles. The number of hydrogen-bond acceptors (Lipinski definition) is 6. The van der Waals surface area contributed by atoms with Gasteiger partial charge in [-0.2, -0.15) is 0 Å². The summed E-state index contributed by atoms with van der Waals surface area (Å²) in [5.74, 6) is -0.138. The predicted molar refractivity (Wildman–Crippen MR) is 75.1 cm³/mol. The lowest BCUT2D eigenvalue weighted by Gasteiger charge is -2.34. The molecule has 100 valence electrons. The molecule has 0 aromatic carbocycles. The van der Waals surface area contributed by atoms with E-state index >= 15 is 0 Å². The van der Waals surface area contributed by atoms with Gasteiger partial charge in [-0.05, 0) is 15.9 Å². The molecular formula is C11H16BrN3O2S. The molecule has 0 bridgehead atoms. The zero-order chi connectivity index (χ0) is 13.0. The van der Waals surface area contributed by atoms with Gasteiger partial charge in [-0.25, -0.2) is 4.98 Å². The highest BCUT2D eigenvalue weighted by atomic mass is 79.9. The average Bonchev–Trinajstić information content (AvgIpc) is 2.83. The highest BCUT2D eigenvalue weighted by Gasteiger charge is 2.19. The number of carbonyl (C=O) groups is 1. The second-order valence-electron chi connectivity index (χ2n) is 4.11. The Hall–Kier alpha value is -0.660. The molecule has 0 aliphatic carbocycles. The van der Waals surface area contributed by atoms with Crippen LogP contribution in [0.5, 0.6) is 0 Å². The molecule has 0 amide bonds. The van der Waals surface area contributed by atoms with Gasteiger partial charge >= 0.3 is 5.97 Å². The lowest BCUT2D eigenvalue weighted by atomic mass is 10.3. The summed E-state index contributed by atoms with van der Waals surface area (Å²) in [5, 5.41) is 3.06. The maximum atomic E-state index is 11.1. The van der Waals surface area contributed by atoms with E-state index in [1.165, 1.54) is 7.11 Å². The van der Waals surface area contributed by atoms with Gasteiger partial charge in [-0.1, -0.05) is 0 Å². The van der Waals surface area contributed by atoms with Crippen LogP contribution >= 0.6 is 27.3 Å². The third-order valence-corrected chi connectivity index (χ3v) is 4.58. The van der Waals surface area contributed by atoms with Crippen LogP contribution in [0, 0.1) is 0 Å². The van der Waals surface area contributed by atoms with E-state index in [1.54, 1.807) is 11.3 Å². The van der Waals surface area contributed by atoms with Crippen molar-refractivity contribution in [2.75, 3.05) is 44.7 Å². The fourth-order valence-electron chi connectivity index (χ4n) is 1.90. The van der Waals surface area contributed by atoms with Crippen molar-refractivity contribution in [3.63, 3.8) is 0 Å². The Bertz CT molecular complexity index is 405. The number of thiazole rings is 1. The van der Waals surface area contributed by atoms with E-state index in [2.05, 4.69) is 35.5 Å². The Kier molecular flexibility index (Phi) is 4.96. The highest BCUT2D eigenvalue weighted by molar-refractivity contribution is 9.10. The van der Waals surface area contributed by atoms with Crippen LogP contribution in [0.25, 0.3) is 0 Å². The van der Waals surface area contributed by atoms with Gasteiger partial charge in [-0.15, -0.1) is 11.3 Å². The van der Waals surface area contributed by atoms with E-state index in [-0.39, 0.29) is 5.97 Å². The number of carbonyl (C=O) groups excluding carboxylic acids is 1. The first-order valence-corrected chi connectivity index (χ1v) is 7.51. The molecule has 2 heterocycles. The first kappa shape index (κ1) is 13.8. The van der Waals surface area contributed by atoms with Gasteiger partial charge in [0.15, 0.2) is 5.13 Å². The second-order valence-corrected chi connectivity index (χ2v) is 5.76. The summed E-state index contributed by atoms with van der Waals surface area (Å²) in [6.45, 7) is 4.63. The van der Waals surface area contributed by atoms with Gasteiger partial charge in [0.1, 0.15) is 4.60 Å². The number of hydrogen-bond donors (Lipinski definition) is 0. The van der Waals surface area contributed by atoms with Crippen molar-refractivity contribution in [2.45, 2.75) is 6.42 Å². The quantitative estimate of drug-likeness (QED) is 0.783. The summed E-state index contributed by atoms with van der Waals surface area (Å²) in [5.41, 5.74) is 0. The first-order chi connectivity index (χ1) is 8.69. The van der Waals surface area contributed by atoms with Crippen molar-refractivity contribution in [3.05, 3.63) is 9.98 Å². The Morgan fingerprint density at radius 2 is 2.22 bits per heavy atom. The molecule has 5 nitrogen and oxygen atoms in total. The second kappa shape index (κ2) is 6.49. The van der Waals surface area contributed by atoms with Crippen molar-refractivity contribution in [1.82, 2.24) is 9.88 Å². The lowest BCUT2D eigenvalue weighted by molar-refractivity contribution is -0.141. The molecule has 1 aromatic rings. The van der Waals surface area contributed by atoms with E-state index in [0.29, 0.717) is 6.42 Å². The van der Waals surface area contributed by atoms with Gasteiger partial charge in [0.2, 0.25) is 0 Å².